The molecule has 16 heavy (non-hydrogen) atoms. The van der Waals surface area contributed by atoms with Crippen molar-refractivity contribution < 1.29 is 0 Å². The van der Waals surface area contributed by atoms with E-state index in [1.54, 1.807) is 6.07 Å². The summed E-state index contributed by atoms with van der Waals surface area (Å²) in [4.78, 5) is 8.76. The Morgan fingerprint density at radius 3 is 2.75 bits per heavy atom. The van der Waals surface area contributed by atoms with Crippen LogP contribution in [0.4, 0.5) is 5.82 Å². The molecular weight excluding hydrogens is 222 g/mol. The molecule has 2 rings (SSSR count). The Kier molecular flexibility index (Phi) is 2.97. The Balaban J connectivity index is 2.55. The minimum atomic E-state index is 0.503. The van der Waals surface area contributed by atoms with Crippen molar-refractivity contribution in [1.82, 2.24) is 9.97 Å². The molecule has 0 bridgehead atoms. The van der Waals surface area contributed by atoms with Crippen LogP contribution in [-0.2, 0) is 6.42 Å². The van der Waals surface area contributed by atoms with Crippen LogP contribution in [0.5, 0.6) is 0 Å². The number of nitrogens with two attached hydrogens (primary N) is 1. The van der Waals surface area contributed by atoms with E-state index in [0.717, 1.165) is 23.1 Å². The number of fused-ring (bicyclic) bond motifs is 1. The van der Waals surface area contributed by atoms with E-state index in [0.29, 0.717) is 16.8 Å². The molecule has 0 aliphatic heterocycles. The molecule has 0 saturated heterocycles. The minimum absolute atomic E-state index is 0.503. The fraction of sp³-hybridized carbons (Fsp3) is 0.333. The Labute approximate surface area is 99.7 Å². The first-order valence-electron chi connectivity index (χ1n) is 5.28. The molecule has 1 heterocycles. The summed E-state index contributed by atoms with van der Waals surface area (Å²) in [5.74, 6) is 1.81. The summed E-state index contributed by atoms with van der Waals surface area (Å²) in [6.45, 7) is 4.26. The van der Waals surface area contributed by atoms with Crippen LogP contribution >= 0.6 is 11.6 Å². The van der Waals surface area contributed by atoms with Gasteiger partial charge in [-0.2, -0.15) is 0 Å². The van der Waals surface area contributed by atoms with Crippen LogP contribution in [0.15, 0.2) is 18.2 Å². The lowest BCUT2D eigenvalue weighted by Gasteiger charge is -2.07. The lowest BCUT2D eigenvalue weighted by Crippen LogP contribution is -2.04. The quantitative estimate of drug-likeness (QED) is 0.871. The topological polar surface area (TPSA) is 51.8 Å². The lowest BCUT2D eigenvalue weighted by molar-refractivity contribution is 0.623. The average Bonchev–Trinajstić information content (AvgIpc) is 2.18. The van der Waals surface area contributed by atoms with Gasteiger partial charge in [-0.25, -0.2) is 9.97 Å². The van der Waals surface area contributed by atoms with E-state index in [2.05, 4.69) is 23.8 Å². The molecule has 0 spiro atoms. The number of rotatable bonds is 2. The van der Waals surface area contributed by atoms with Gasteiger partial charge in [0.05, 0.1) is 5.52 Å². The SMILES string of the molecule is CC(C)Cc1nc(N)c2cc(Cl)ccc2n1. The van der Waals surface area contributed by atoms with Gasteiger partial charge in [0.1, 0.15) is 11.6 Å². The van der Waals surface area contributed by atoms with E-state index in [4.69, 9.17) is 17.3 Å². The molecule has 1 aromatic heterocycles. The monoisotopic (exact) mass is 235 g/mol. The van der Waals surface area contributed by atoms with E-state index in [9.17, 15) is 0 Å². The standard InChI is InChI=1S/C12H14ClN3/c1-7(2)5-11-15-10-4-3-8(13)6-9(10)12(14)16-11/h3-4,6-7H,5H2,1-2H3,(H2,14,15,16). The first-order chi connectivity index (χ1) is 7.56. The molecular formula is C12H14ClN3. The van der Waals surface area contributed by atoms with E-state index in [1.807, 2.05) is 12.1 Å². The van der Waals surface area contributed by atoms with Gasteiger partial charge in [0.2, 0.25) is 0 Å². The highest BCUT2D eigenvalue weighted by atomic mass is 35.5. The van der Waals surface area contributed by atoms with Crippen molar-refractivity contribution >= 4 is 28.3 Å². The van der Waals surface area contributed by atoms with Gasteiger partial charge < -0.3 is 5.73 Å². The summed E-state index contributed by atoms with van der Waals surface area (Å²) in [5.41, 5.74) is 6.75. The van der Waals surface area contributed by atoms with Gasteiger partial charge in [-0.1, -0.05) is 25.4 Å². The minimum Gasteiger partial charge on any atom is -0.383 e. The van der Waals surface area contributed by atoms with Crippen molar-refractivity contribution in [2.45, 2.75) is 20.3 Å². The second-order valence-corrected chi connectivity index (χ2v) is 4.72. The summed E-state index contributed by atoms with van der Waals surface area (Å²) in [6, 6.07) is 5.49. The zero-order chi connectivity index (χ0) is 11.7. The van der Waals surface area contributed by atoms with Crippen LogP contribution in [0.3, 0.4) is 0 Å². The third-order valence-corrected chi connectivity index (χ3v) is 2.56. The zero-order valence-electron chi connectivity index (χ0n) is 9.37. The summed E-state index contributed by atoms with van der Waals surface area (Å²) in [7, 11) is 0. The molecule has 0 fully saturated rings. The smallest absolute Gasteiger partial charge is 0.135 e. The van der Waals surface area contributed by atoms with Crippen LogP contribution < -0.4 is 5.73 Å². The Morgan fingerprint density at radius 1 is 1.31 bits per heavy atom. The fourth-order valence-corrected chi connectivity index (χ4v) is 1.80. The first kappa shape index (κ1) is 11.1. The summed E-state index contributed by atoms with van der Waals surface area (Å²) in [5, 5.41) is 1.47. The van der Waals surface area contributed by atoms with Gasteiger partial charge in [0.15, 0.2) is 0 Å². The van der Waals surface area contributed by atoms with Crippen molar-refractivity contribution in [2.75, 3.05) is 5.73 Å². The van der Waals surface area contributed by atoms with E-state index < -0.39 is 0 Å². The molecule has 0 atom stereocenters. The third kappa shape index (κ3) is 2.25. The second kappa shape index (κ2) is 4.26. The number of hydrogen-bond donors (Lipinski definition) is 1. The van der Waals surface area contributed by atoms with Gasteiger partial charge in [-0.15, -0.1) is 0 Å². The highest BCUT2D eigenvalue weighted by molar-refractivity contribution is 6.31. The fourth-order valence-electron chi connectivity index (χ4n) is 1.63. The predicted octanol–water partition coefficient (Wildman–Crippen LogP) is 3.06. The maximum Gasteiger partial charge on any atom is 0.135 e. The first-order valence-corrected chi connectivity index (χ1v) is 5.65. The molecule has 0 amide bonds. The van der Waals surface area contributed by atoms with Crippen LogP contribution in [0.1, 0.15) is 19.7 Å². The van der Waals surface area contributed by atoms with Gasteiger partial charge in [-0.3, -0.25) is 0 Å². The summed E-state index contributed by atoms with van der Waals surface area (Å²) in [6.07, 6.45) is 0.836. The van der Waals surface area contributed by atoms with E-state index in [1.165, 1.54) is 0 Å². The molecule has 4 heteroatoms. The normalized spacial score (nSPS) is 11.2. The van der Waals surface area contributed by atoms with E-state index >= 15 is 0 Å². The zero-order valence-corrected chi connectivity index (χ0v) is 10.1. The van der Waals surface area contributed by atoms with Crippen LogP contribution in [0, 0.1) is 5.92 Å². The second-order valence-electron chi connectivity index (χ2n) is 4.28. The number of halogens is 1. The molecule has 2 N–H and O–H groups in total. The number of nitrogen functional groups attached to an aromatic ring is 1. The van der Waals surface area contributed by atoms with Gasteiger partial charge >= 0.3 is 0 Å². The van der Waals surface area contributed by atoms with Crippen molar-refractivity contribution in [3.05, 3.63) is 29.0 Å². The van der Waals surface area contributed by atoms with Crippen LogP contribution in [-0.4, -0.2) is 9.97 Å². The Hall–Kier alpha value is -1.35. The largest absolute Gasteiger partial charge is 0.383 e. The Morgan fingerprint density at radius 2 is 2.06 bits per heavy atom. The number of nitrogens with zero attached hydrogens (tertiary/aromatic N) is 2. The van der Waals surface area contributed by atoms with E-state index in [-0.39, 0.29) is 0 Å². The molecule has 0 saturated carbocycles. The van der Waals surface area contributed by atoms with Crippen molar-refractivity contribution in [2.24, 2.45) is 5.92 Å². The van der Waals surface area contributed by atoms with Crippen molar-refractivity contribution in [3.63, 3.8) is 0 Å². The van der Waals surface area contributed by atoms with Crippen molar-refractivity contribution in [1.29, 1.82) is 0 Å². The van der Waals surface area contributed by atoms with Crippen molar-refractivity contribution in [3.8, 4) is 0 Å². The average molecular weight is 236 g/mol. The number of aromatic nitrogens is 2. The summed E-state index contributed by atoms with van der Waals surface area (Å²) < 4.78 is 0. The number of anilines is 1. The van der Waals surface area contributed by atoms with Crippen LogP contribution in [0.2, 0.25) is 5.02 Å². The number of hydrogen-bond acceptors (Lipinski definition) is 3. The molecule has 0 unspecified atom stereocenters. The van der Waals surface area contributed by atoms with Gasteiger partial charge in [0.25, 0.3) is 0 Å². The molecule has 0 aliphatic rings. The van der Waals surface area contributed by atoms with Gasteiger partial charge in [0, 0.05) is 16.8 Å². The maximum absolute atomic E-state index is 5.90. The predicted molar refractivity (Wildman–Crippen MR) is 67.5 cm³/mol. The number of benzene rings is 1. The molecule has 1 aromatic carbocycles. The molecule has 2 aromatic rings. The molecule has 3 nitrogen and oxygen atoms in total. The highest BCUT2D eigenvalue weighted by Crippen LogP contribution is 2.22. The third-order valence-electron chi connectivity index (χ3n) is 2.32. The molecule has 84 valence electrons. The molecule has 0 aliphatic carbocycles. The maximum atomic E-state index is 5.90. The lowest BCUT2D eigenvalue weighted by atomic mass is 10.1. The highest BCUT2D eigenvalue weighted by Gasteiger charge is 2.07. The summed E-state index contributed by atoms with van der Waals surface area (Å²) >= 11 is 5.90. The molecule has 0 radical (unpaired) electrons. The van der Waals surface area contributed by atoms with Crippen LogP contribution in [0.25, 0.3) is 10.9 Å². The Bertz CT molecular complexity index is 523. The van der Waals surface area contributed by atoms with Gasteiger partial charge in [-0.05, 0) is 24.1 Å².